The van der Waals surface area contributed by atoms with Crippen molar-refractivity contribution in [2.75, 3.05) is 26.2 Å². The second kappa shape index (κ2) is 12.2. The molecular formula is C18H32IN5O2. The molecule has 1 saturated heterocycles. The number of nitrogens with zero attached hydrogens (tertiary/aromatic N) is 2. The zero-order chi connectivity index (χ0) is 18.1. The summed E-state index contributed by atoms with van der Waals surface area (Å²) in [6.07, 6.45) is 5.18. The lowest BCUT2D eigenvalue weighted by molar-refractivity contribution is 0.0972. The van der Waals surface area contributed by atoms with Crippen LogP contribution in [-0.4, -0.2) is 49.0 Å². The van der Waals surface area contributed by atoms with Gasteiger partial charge >= 0.3 is 0 Å². The van der Waals surface area contributed by atoms with Crippen LogP contribution in [0.25, 0.3) is 0 Å². The molecule has 1 aliphatic rings. The van der Waals surface area contributed by atoms with E-state index in [2.05, 4.69) is 27.4 Å². The Hall–Kier alpha value is -1.29. The molecule has 0 radical (unpaired) electrons. The van der Waals surface area contributed by atoms with E-state index in [1.165, 1.54) is 32.2 Å². The van der Waals surface area contributed by atoms with Crippen molar-refractivity contribution in [3.8, 4) is 0 Å². The Morgan fingerprint density at radius 1 is 1.35 bits per heavy atom. The van der Waals surface area contributed by atoms with Crippen LogP contribution in [0.2, 0.25) is 0 Å². The molecule has 2 rings (SSSR count). The van der Waals surface area contributed by atoms with Gasteiger partial charge in [0.2, 0.25) is 0 Å². The Kier molecular flexibility index (Phi) is 10.6. The van der Waals surface area contributed by atoms with Crippen molar-refractivity contribution in [3.63, 3.8) is 0 Å². The Morgan fingerprint density at radius 3 is 2.81 bits per heavy atom. The minimum Gasteiger partial charge on any atom is -0.454 e. The Labute approximate surface area is 173 Å². The minimum absolute atomic E-state index is 0. The van der Waals surface area contributed by atoms with E-state index in [0.717, 1.165) is 25.6 Å². The average molecular weight is 477 g/mol. The number of nitrogens with two attached hydrogens (primary N) is 1. The number of hydrogen-bond donors (Lipinski definition) is 3. The molecule has 0 aliphatic carbocycles. The van der Waals surface area contributed by atoms with Gasteiger partial charge in [-0.1, -0.05) is 13.3 Å². The summed E-state index contributed by atoms with van der Waals surface area (Å²) < 4.78 is 5.36. The average Bonchev–Trinajstić information content (AvgIpc) is 3.09. The molecule has 7 nitrogen and oxygen atoms in total. The van der Waals surface area contributed by atoms with Crippen molar-refractivity contribution in [2.45, 2.75) is 52.1 Å². The number of furan rings is 1. The number of hydrogen-bond acceptors (Lipinski definition) is 4. The summed E-state index contributed by atoms with van der Waals surface area (Å²) in [4.78, 5) is 18.1. The number of likely N-dealkylation sites (tertiary alicyclic amines) is 1. The van der Waals surface area contributed by atoms with Crippen LogP contribution in [0.15, 0.2) is 21.5 Å². The smallest absolute Gasteiger partial charge is 0.284 e. The van der Waals surface area contributed by atoms with Gasteiger partial charge in [0.05, 0.1) is 0 Å². The van der Waals surface area contributed by atoms with E-state index >= 15 is 0 Å². The van der Waals surface area contributed by atoms with Gasteiger partial charge in [-0.3, -0.25) is 9.69 Å². The zero-order valence-corrected chi connectivity index (χ0v) is 18.1. The van der Waals surface area contributed by atoms with E-state index in [4.69, 9.17) is 10.2 Å². The maximum absolute atomic E-state index is 11.1. The number of guanidine groups is 1. The van der Waals surface area contributed by atoms with Gasteiger partial charge in [0.15, 0.2) is 11.7 Å². The molecule has 4 N–H and O–H groups in total. The maximum atomic E-state index is 11.1. The number of carbonyl (C=O) groups is 1. The minimum atomic E-state index is -0.563. The number of piperidine rings is 1. The van der Waals surface area contributed by atoms with Crippen molar-refractivity contribution in [1.82, 2.24) is 15.5 Å². The van der Waals surface area contributed by atoms with Gasteiger partial charge in [0.25, 0.3) is 5.91 Å². The number of carbonyl (C=O) groups excluding carboxylic acids is 1. The molecule has 1 unspecified atom stereocenters. The summed E-state index contributed by atoms with van der Waals surface area (Å²) in [6, 6.07) is 4.02. The van der Waals surface area contributed by atoms with Gasteiger partial charge in [-0.2, -0.15) is 0 Å². The van der Waals surface area contributed by atoms with Crippen LogP contribution in [0.5, 0.6) is 0 Å². The number of rotatable bonds is 8. The van der Waals surface area contributed by atoms with E-state index in [1.807, 2.05) is 6.92 Å². The highest BCUT2D eigenvalue weighted by molar-refractivity contribution is 14.0. The third-order valence-electron chi connectivity index (χ3n) is 4.55. The fourth-order valence-corrected chi connectivity index (χ4v) is 3.23. The van der Waals surface area contributed by atoms with Crippen molar-refractivity contribution < 1.29 is 9.21 Å². The van der Waals surface area contributed by atoms with Gasteiger partial charge in [0, 0.05) is 25.7 Å². The molecule has 1 aliphatic heterocycles. The van der Waals surface area contributed by atoms with Crippen molar-refractivity contribution in [2.24, 2.45) is 10.7 Å². The van der Waals surface area contributed by atoms with Crippen LogP contribution in [0.4, 0.5) is 0 Å². The normalized spacial score (nSPS) is 18.2. The van der Waals surface area contributed by atoms with Gasteiger partial charge in [-0.15, -0.1) is 24.0 Å². The molecule has 2 heterocycles. The van der Waals surface area contributed by atoms with E-state index in [0.29, 0.717) is 18.3 Å². The lowest BCUT2D eigenvalue weighted by Crippen LogP contribution is -2.45. The number of nitrogens with one attached hydrogen (secondary N) is 2. The SMILES string of the molecule is CCNC(=NCc1ccc(C(N)=O)o1)NCCN1CCCCC1CC.I. The van der Waals surface area contributed by atoms with Gasteiger partial charge in [0.1, 0.15) is 12.3 Å². The van der Waals surface area contributed by atoms with Crippen molar-refractivity contribution in [1.29, 1.82) is 0 Å². The first-order valence-corrected chi connectivity index (χ1v) is 9.28. The van der Waals surface area contributed by atoms with Crippen LogP contribution in [0.3, 0.4) is 0 Å². The molecular weight excluding hydrogens is 445 g/mol. The molecule has 1 aromatic heterocycles. The van der Waals surface area contributed by atoms with E-state index in [1.54, 1.807) is 12.1 Å². The fourth-order valence-electron chi connectivity index (χ4n) is 3.23. The fraction of sp³-hybridized carbons (Fsp3) is 0.667. The molecule has 0 saturated carbocycles. The van der Waals surface area contributed by atoms with Crippen LogP contribution < -0.4 is 16.4 Å². The summed E-state index contributed by atoms with van der Waals surface area (Å²) in [5.41, 5.74) is 5.19. The summed E-state index contributed by atoms with van der Waals surface area (Å²) in [5, 5.41) is 6.61. The molecule has 1 aromatic rings. The number of aliphatic imine (C=N–C) groups is 1. The predicted octanol–water partition coefficient (Wildman–Crippen LogP) is 2.32. The lowest BCUT2D eigenvalue weighted by Gasteiger charge is -2.35. The van der Waals surface area contributed by atoms with Crippen LogP contribution >= 0.6 is 24.0 Å². The largest absolute Gasteiger partial charge is 0.454 e. The molecule has 1 fully saturated rings. The van der Waals surface area contributed by atoms with E-state index in [-0.39, 0.29) is 29.7 Å². The van der Waals surface area contributed by atoms with E-state index in [9.17, 15) is 4.79 Å². The van der Waals surface area contributed by atoms with Crippen molar-refractivity contribution in [3.05, 3.63) is 23.7 Å². The molecule has 0 bridgehead atoms. The van der Waals surface area contributed by atoms with Crippen LogP contribution in [0, 0.1) is 0 Å². The molecule has 148 valence electrons. The standard InChI is InChI=1S/C18H31N5O2.HI/c1-3-14-7-5-6-11-23(14)12-10-21-18(20-4-2)22-13-15-8-9-16(25-15)17(19)24;/h8-9,14H,3-7,10-13H2,1-2H3,(H2,19,24)(H2,20,21,22);1H. The third kappa shape index (κ3) is 7.14. The highest BCUT2D eigenvalue weighted by atomic mass is 127. The first kappa shape index (κ1) is 22.8. The molecule has 0 aromatic carbocycles. The van der Waals surface area contributed by atoms with Gasteiger partial charge in [-0.25, -0.2) is 4.99 Å². The molecule has 26 heavy (non-hydrogen) atoms. The Morgan fingerprint density at radius 2 is 2.15 bits per heavy atom. The molecule has 1 atom stereocenters. The topological polar surface area (TPSA) is 95.9 Å². The van der Waals surface area contributed by atoms with Crippen LogP contribution in [-0.2, 0) is 6.54 Å². The Balaban J connectivity index is 0.00000338. The summed E-state index contributed by atoms with van der Waals surface area (Å²) >= 11 is 0. The second-order valence-corrected chi connectivity index (χ2v) is 6.35. The van der Waals surface area contributed by atoms with Gasteiger partial charge in [-0.05, 0) is 44.9 Å². The number of amides is 1. The maximum Gasteiger partial charge on any atom is 0.284 e. The highest BCUT2D eigenvalue weighted by Gasteiger charge is 2.19. The molecule has 8 heteroatoms. The zero-order valence-electron chi connectivity index (χ0n) is 15.8. The summed E-state index contributed by atoms with van der Waals surface area (Å²) in [6.45, 7) is 8.53. The van der Waals surface area contributed by atoms with E-state index < -0.39 is 5.91 Å². The monoisotopic (exact) mass is 477 g/mol. The number of primary amides is 1. The first-order chi connectivity index (χ1) is 12.1. The van der Waals surface area contributed by atoms with Crippen molar-refractivity contribution >= 4 is 35.8 Å². The summed E-state index contributed by atoms with van der Waals surface area (Å²) in [5.74, 6) is 0.976. The lowest BCUT2D eigenvalue weighted by atomic mass is 10.0. The van der Waals surface area contributed by atoms with Crippen LogP contribution in [0.1, 0.15) is 55.8 Å². The molecule has 0 spiro atoms. The summed E-state index contributed by atoms with van der Waals surface area (Å²) in [7, 11) is 0. The molecule has 1 amide bonds. The predicted molar refractivity (Wildman–Crippen MR) is 115 cm³/mol. The first-order valence-electron chi connectivity index (χ1n) is 9.28. The third-order valence-corrected chi connectivity index (χ3v) is 4.55. The highest BCUT2D eigenvalue weighted by Crippen LogP contribution is 2.18. The van der Waals surface area contributed by atoms with Gasteiger partial charge < -0.3 is 20.8 Å². The second-order valence-electron chi connectivity index (χ2n) is 6.35. The Bertz CT molecular complexity index is 576. The number of halogens is 1. The quantitative estimate of drug-likeness (QED) is 0.304.